The third kappa shape index (κ3) is 3.36. The highest BCUT2D eigenvalue weighted by Gasteiger charge is 2.38. The van der Waals surface area contributed by atoms with Crippen molar-refractivity contribution in [1.82, 2.24) is 0 Å². The van der Waals surface area contributed by atoms with Gasteiger partial charge in [0, 0.05) is 10.5 Å². The molecule has 0 aromatic rings. The fraction of sp³-hybridized carbons (Fsp3) is 0.900. The molecule has 0 aromatic heterocycles. The van der Waals surface area contributed by atoms with E-state index in [0.717, 1.165) is 12.8 Å². The molecule has 1 saturated carbocycles. The summed E-state index contributed by atoms with van der Waals surface area (Å²) in [6.45, 7) is 2.14. The Hall–Kier alpha value is -0.260. The number of amides is 1. The van der Waals surface area contributed by atoms with Crippen LogP contribution in [0.3, 0.4) is 0 Å². The van der Waals surface area contributed by atoms with Crippen LogP contribution in [0.5, 0.6) is 0 Å². The zero-order valence-corrected chi connectivity index (χ0v) is 9.93. The lowest BCUT2D eigenvalue weighted by molar-refractivity contribution is -0.124. The molecule has 0 radical (unpaired) electrons. The Kier molecular flexibility index (Phi) is 4.43. The van der Waals surface area contributed by atoms with Crippen molar-refractivity contribution in [2.24, 2.45) is 11.5 Å². The van der Waals surface area contributed by atoms with E-state index in [1.807, 2.05) is 6.92 Å². The van der Waals surface area contributed by atoms with Gasteiger partial charge in [-0.2, -0.15) is 11.8 Å². The van der Waals surface area contributed by atoms with Crippen LogP contribution in [-0.2, 0) is 4.79 Å². The van der Waals surface area contributed by atoms with Crippen LogP contribution >= 0.6 is 11.8 Å². The minimum absolute atomic E-state index is 0.162. The molecule has 3 unspecified atom stereocenters. The summed E-state index contributed by atoms with van der Waals surface area (Å²) in [7, 11) is 0. The first-order valence-electron chi connectivity index (χ1n) is 5.33. The van der Waals surface area contributed by atoms with E-state index in [4.69, 9.17) is 16.6 Å². The van der Waals surface area contributed by atoms with Crippen LogP contribution < -0.4 is 11.5 Å². The predicted molar refractivity (Wildman–Crippen MR) is 62.5 cm³/mol. The van der Waals surface area contributed by atoms with Crippen LogP contribution in [0.25, 0.3) is 0 Å². The lowest BCUT2D eigenvalue weighted by atomic mass is 9.82. The molecule has 1 aliphatic carbocycles. The SMILES string of the molecule is CC(CO)SC1CCCC(N)(C(N)=O)C1. The minimum atomic E-state index is -0.828. The van der Waals surface area contributed by atoms with E-state index in [1.165, 1.54) is 0 Å². The van der Waals surface area contributed by atoms with Crippen molar-refractivity contribution in [3.63, 3.8) is 0 Å². The second-order valence-corrected chi connectivity index (χ2v) is 6.11. The maximum atomic E-state index is 11.2. The van der Waals surface area contributed by atoms with Crippen molar-refractivity contribution in [2.75, 3.05) is 6.61 Å². The molecule has 88 valence electrons. The van der Waals surface area contributed by atoms with E-state index in [-0.39, 0.29) is 11.9 Å². The Morgan fingerprint density at radius 3 is 2.93 bits per heavy atom. The molecule has 5 heteroatoms. The molecule has 1 amide bonds. The lowest BCUT2D eigenvalue weighted by Crippen LogP contribution is -2.55. The largest absolute Gasteiger partial charge is 0.395 e. The lowest BCUT2D eigenvalue weighted by Gasteiger charge is -2.35. The van der Waals surface area contributed by atoms with Crippen molar-refractivity contribution in [2.45, 2.75) is 48.6 Å². The first-order chi connectivity index (χ1) is 6.98. The van der Waals surface area contributed by atoms with Crippen LogP contribution in [0, 0.1) is 0 Å². The molecule has 3 atom stereocenters. The second-order valence-electron chi connectivity index (χ2n) is 4.37. The molecule has 0 saturated heterocycles. The molecule has 15 heavy (non-hydrogen) atoms. The van der Waals surface area contributed by atoms with Crippen LogP contribution in [0.2, 0.25) is 0 Å². The van der Waals surface area contributed by atoms with Gasteiger partial charge in [-0.1, -0.05) is 6.92 Å². The third-order valence-corrected chi connectivity index (χ3v) is 4.31. The van der Waals surface area contributed by atoms with E-state index < -0.39 is 11.4 Å². The predicted octanol–water partition coefficient (Wildman–Crippen LogP) is 0.226. The van der Waals surface area contributed by atoms with Crippen LogP contribution in [0.1, 0.15) is 32.6 Å². The Morgan fingerprint density at radius 2 is 2.40 bits per heavy atom. The standard InChI is InChI=1S/C10H20N2O2S/c1-7(6-13)15-8-3-2-4-10(12,5-8)9(11)14/h7-8,13H,2-6,12H2,1H3,(H2,11,14). The molecule has 0 aliphatic heterocycles. The molecule has 0 bridgehead atoms. The fourth-order valence-corrected chi connectivity index (χ4v) is 3.41. The number of rotatable bonds is 4. The zero-order chi connectivity index (χ0) is 11.5. The monoisotopic (exact) mass is 232 g/mol. The number of carbonyl (C=O) groups is 1. The highest BCUT2D eigenvalue weighted by atomic mass is 32.2. The molecule has 1 fully saturated rings. The average Bonchev–Trinajstić information content (AvgIpc) is 2.17. The minimum Gasteiger partial charge on any atom is -0.395 e. The molecule has 4 nitrogen and oxygen atoms in total. The summed E-state index contributed by atoms with van der Waals surface area (Å²) < 4.78 is 0. The van der Waals surface area contributed by atoms with Gasteiger partial charge in [0.1, 0.15) is 0 Å². The van der Waals surface area contributed by atoms with Gasteiger partial charge < -0.3 is 16.6 Å². The van der Waals surface area contributed by atoms with E-state index in [0.29, 0.717) is 18.1 Å². The smallest absolute Gasteiger partial charge is 0.237 e. The van der Waals surface area contributed by atoms with Crippen molar-refractivity contribution < 1.29 is 9.90 Å². The molecule has 0 aromatic carbocycles. The van der Waals surface area contributed by atoms with E-state index in [9.17, 15) is 4.79 Å². The fourth-order valence-electron chi connectivity index (χ4n) is 1.97. The number of hydrogen-bond donors (Lipinski definition) is 3. The molecular formula is C10H20N2O2S. The topological polar surface area (TPSA) is 89.3 Å². The van der Waals surface area contributed by atoms with Gasteiger partial charge >= 0.3 is 0 Å². The summed E-state index contributed by atoms with van der Waals surface area (Å²) >= 11 is 1.70. The number of primary amides is 1. The van der Waals surface area contributed by atoms with Gasteiger partial charge in [0.25, 0.3) is 0 Å². The Bertz CT molecular complexity index is 237. The summed E-state index contributed by atoms with van der Waals surface area (Å²) in [5, 5.41) is 9.51. The van der Waals surface area contributed by atoms with Crippen LogP contribution in [0.15, 0.2) is 0 Å². The van der Waals surface area contributed by atoms with Crippen molar-refractivity contribution in [1.29, 1.82) is 0 Å². The third-order valence-electron chi connectivity index (χ3n) is 2.91. The quantitative estimate of drug-likeness (QED) is 0.647. The number of hydrogen-bond acceptors (Lipinski definition) is 4. The zero-order valence-electron chi connectivity index (χ0n) is 9.11. The van der Waals surface area contributed by atoms with Gasteiger partial charge in [-0.15, -0.1) is 0 Å². The van der Waals surface area contributed by atoms with E-state index in [2.05, 4.69) is 0 Å². The highest BCUT2D eigenvalue weighted by molar-refractivity contribution is 8.00. The molecule has 1 rings (SSSR count). The molecule has 1 aliphatic rings. The average molecular weight is 232 g/mol. The molecule has 0 spiro atoms. The molecule has 5 N–H and O–H groups in total. The number of carbonyl (C=O) groups excluding carboxylic acids is 1. The van der Waals surface area contributed by atoms with Gasteiger partial charge in [-0.25, -0.2) is 0 Å². The first-order valence-corrected chi connectivity index (χ1v) is 6.27. The molecule has 0 heterocycles. The summed E-state index contributed by atoms with van der Waals surface area (Å²) in [4.78, 5) is 11.2. The van der Waals surface area contributed by atoms with Gasteiger partial charge in [-0.05, 0) is 25.7 Å². The summed E-state index contributed by atoms with van der Waals surface area (Å²) in [5.74, 6) is -0.399. The number of aliphatic hydroxyl groups excluding tert-OH is 1. The van der Waals surface area contributed by atoms with Crippen molar-refractivity contribution in [3.05, 3.63) is 0 Å². The summed E-state index contributed by atoms with van der Waals surface area (Å²) in [6.07, 6.45) is 3.32. The summed E-state index contributed by atoms with van der Waals surface area (Å²) in [6, 6.07) is 0. The Labute approximate surface area is 94.8 Å². The van der Waals surface area contributed by atoms with Crippen LogP contribution in [-0.4, -0.2) is 33.7 Å². The summed E-state index contributed by atoms with van der Waals surface area (Å²) in [5.41, 5.74) is 10.4. The van der Waals surface area contributed by atoms with Gasteiger partial charge in [-0.3, -0.25) is 4.79 Å². The van der Waals surface area contributed by atoms with Gasteiger partial charge in [0.2, 0.25) is 5.91 Å². The normalized spacial score (nSPS) is 33.7. The molecular weight excluding hydrogens is 212 g/mol. The van der Waals surface area contributed by atoms with Crippen LogP contribution in [0.4, 0.5) is 0 Å². The van der Waals surface area contributed by atoms with Crippen molar-refractivity contribution in [3.8, 4) is 0 Å². The van der Waals surface area contributed by atoms with Crippen molar-refractivity contribution >= 4 is 17.7 Å². The first kappa shape index (κ1) is 12.8. The highest BCUT2D eigenvalue weighted by Crippen LogP contribution is 2.35. The maximum Gasteiger partial charge on any atom is 0.237 e. The van der Waals surface area contributed by atoms with E-state index >= 15 is 0 Å². The van der Waals surface area contributed by atoms with E-state index in [1.54, 1.807) is 11.8 Å². The Morgan fingerprint density at radius 1 is 1.73 bits per heavy atom. The van der Waals surface area contributed by atoms with Gasteiger partial charge in [0.15, 0.2) is 0 Å². The number of aliphatic hydroxyl groups is 1. The maximum absolute atomic E-state index is 11.2. The number of thioether (sulfide) groups is 1. The second kappa shape index (κ2) is 5.18. The number of nitrogens with two attached hydrogens (primary N) is 2. The van der Waals surface area contributed by atoms with Gasteiger partial charge in [0.05, 0.1) is 12.1 Å². The Balaban J connectivity index is 2.52.